The van der Waals surface area contributed by atoms with E-state index in [1.54, 1.807) is 0 Å². The smallest absolute Gasteiger partial charge is 0.258 e. The number of nitrogen functional groups attached to an aromatic ring is 1. The molecular weight excluding hydrogens is 288 g/mol. The third-order valence-electron chi connectivity index (χ3n) is 2.76. The molecule has 0 radical (unpaired) electrons. The van der Waals surface area contributed by atoms with Crippen molar-refractivity contribution in [2.75, 3.05) is 11.1 Å². The van der Waals surface area contributed by atoms with Crippen LogP contribution in [0.2, 0.25) is 0 Å². The molecule has 21 heavy (non-hydrogen) atoms. The van der Waals surface area contributed by atoms with Crippen LogP contribution in [-0.4, -0.2) is 5.91 Å². The molecule has 2 aromatic rings. The fraction of sp³-hybridized carbons (Fsp3) is 0.0714. The summed E-state index contributed by atoms with van der Waals surface area (Å²) in [5, 5.41) is 2.08. The Bertz CT molecular complexity index is 708. The minimum Gasteiger partial charge on any atom is -0.399 e. The summed E-state index contributed by atoms with van der Waals surface area (Å²) < 4.78 is 52.7. The van der Waals surface area contributed by atoms with E-state index in [1.807, 2.05) is 0 Å². The fourth-order valence-corrected chi connectivity index (χ4v) is 1.79. The molecule has 0 saturated heterocycles. The van der Waals surface area contributed by atoms with Crippen molar-refractivity contribution in [3.05, 3.63) is 58.7 Å². The van der Waals surface area contributed by atoms with Gasteiger partial charge in [0.25, 0.3) is 5.91 Å². The van der Waals surface area contributed by atoms with Crippen molar-refractivity contribution in [1.82, 2.24) is 0 Å². The highest BCUT2D eigenvalue weighted by atomic mass is 19.2. The first-order valence-corrected chi connectivity index (χ1v) is 5.81. The van der Waals surface area contributed by atoms with Gasteiger partial charge in [-0.05, 0) is 24.6 Å². The largest absolute Gasteiger partial charge is 0.399 e. The Morgan fingerprint density at radius 2 is 1.57 bits per heavy atom. The molecule has 3 N–H and O–H groups in total. The van der Waals surface area contributed by atoms with Gasteiger partial charge in [0.2, 0.25) is 0 Å². The SMILES string of the molecule is Cc1cc(N)cc(C(=O)Nc2cc(F)c(F)c(F)c2)c1F. The number of halogens is 4. The molecule has 0 saturated carbocycles. The highest BCUT2D eigenvalue weighted by Gasteiger charge is 2.17. The van der Waals surface area contributed by atoms with Gasteiger partial charge in [0, 0.05) is 23.5 Å². The van der Waals surface area contributed by atoms with Crippen LogP contribution in [0.25, 0.3) is 0 Å². The Morgan fingerprint density at radius 3 is 2.14 bits per heavy atom. The molecule has 3 nitrogen and oxygen atoms in total. The van der Waals surface area contributed by atoms with E-state index >= 15 is 0 Å². The van der Waals surface area contributed by atoms with E-state index in [0.717, 1.165) is 6.07 Å². The maximum Gasteiger partial charge on any atom is 0.258 e. The van der Waals surface area contributed by atoms with Crippen LogP contribution in [0.4, 0.5) is 28.9 Å². The van der Waals surface area contributed by atoms with Crippen LogP contribution in [0.15, 0.2) is 24.3 Å². The topological polar surface area (TPSA) is 55.1 Å². The number of benzene rings is 2. The lowest BCUT2D eigenvalue weighted by molar-refractivity contribution is 0.102. The Morgan fingerprint density at radius 1 is 1.00 bits per heavy atom. The van der Waals surface area contributed by atoms with Gasteiger partial charge in [0.15, 0.2) is 17.5 Å². The van der Waals surface area contributed by atoms with E-state index in [2.05, 4.69) is 5.32 Å². The average Bonchev–Trinajstić information content (AvgIpc) is 2.39. The molecular formula is C14H10F4N2O. The first-order valence-electron chi connectivity index (χ1n) is 5.81. The molecule has 110 valence electrons. The number of hydrogen-bond acceptors (Lipinski definition) is 2. The van der Waals surface area contributed by atoms with Crippen molar-refractivity contribution in [3.63, 3.8) is 0 Å². The lowest BCUT2D eigenvalue weighted by Crippen LogP contribution is -2.15. The minimum absolute atomic E-state index is 0.150. The number of amides is 1. The predicted molar refractivity (Wildman–Crippen MR) is 69.8 cm³/mol. The molecule has 2 aromatic carbocycles. The Balaban J connectivity index is 2.35. The van der Waals surface area contributed by atoms with Crippen molar-refractivity contribution in [2.24, 2.45) is 0 Å². The number of carbonyl (C=O) groups is 1. The third kappa shape index (κ3) is 2.96. The monoisotopic (exact) mass is 298 g/mol. The molecule has 7 heteroatoms. The number of anilines is 2. The van der Waals surface area contributed by atoms with Crippen LogP contribution < -0.4 is 11.1 Å². The molecule has 0 bridgehead atoms. The summed E-state index contributed by atoms with van der Waals surface area (Å²) in [7, 11) is 0. The third-order valence-corrected chi connectivity index (χ3v) is 2.76. The molecule has 0 atom stereocenters. The summed E-state index contributed by atoms with van der Waals surface area (Å²) in [5.41, 5.74) is 5.11. The van der Waals surface area contributed by atoms with Crippen LogP contribution in [0.1, 0.15) is 15.9 Å². The Labute approximate surface area is 117 Å². The van der Waals surface area contributed by atoms with Gasteiger partial charge >= 0.3 is 0 Å². The Hall–Kier alpha value is -2.57. The summed E-state index contributed by atoms with van der Waals surface area (Å²) in [5.74, 6) is -6.33. The zero-order valence-electron chi connectivity index (χ0n) is 10.8. The number of nitrogens with one attached hydrogen (secondary N) is 1. The summed E-state index contributed by atoms with van der Waals surface area (Å²) in [4.78, 5) is 11.9. The molecule has 0 heterocycles. The van der Waals surface area contributed by atoms with E-state index in [0.29, 0.717) is 12.1 Å². The van der Waals surface area contributed by atoms with Gasteiger partial charge in [-0.3, -0.25) is 4.79 Å². The predicted octanol–water partition coefficient (Wildman–Crippen LogP) is 3.39. The van der Waals surface area contributed by atoms with Gasteiger partial charge in [-0.25, -0.2) is 17.6 Å². The average molecular weight is 298 g/mol. The standard InChI is InChI=1S/C14H10F4N2O/c1-6-2-7(19)3-9(12(6)17)14(21)20-8-4-10(15)13(18)11(16)5-8/h2-5H,19H2,1H3,(H,20,21). The molecule has 1 amide bonds. The van der Waals surface area contributed by atoms with Gasteiger partial charge in [0.1, 0.15) is 5.82 Å². The number of aryl methyl sites for hydroxylation is 1. The number of rotatable bonds is 2. The fourth-order valence-electron chi connectivity index (χ4n) is 1.79. The van der Waals surface area contributed by atoms with Gasteiger partial charge in [-0.2, -0.15) is 0 Å². The highest BCUT2D eigenvalue weighted by Crippen LogP contribution is 2.21. The Kier molecular flexibility index (Phi) is 3.84. The molecule has 0 unspecified atom stereocenters. The minimum atomic E-state index is -1.65. The summed E-state index contributed by atoms with van der Waals surface area (Å²) in [6, 6.07) is 3.61. The second kappa shape index (κ2) is 5.43. The number of hydrogen-bond donors (Lipinski definition) is 2. The van der Waals surface area contributed by atoms with E-state index < -0.39 is 29.2 Å². The van der Waals surface area contributed by atoms with Crippen molar-refractivity contribution >= 4 is 17.3 Å². The van der Waals surface area contributed by atoms with Crippen molar-refractivity contribution in [1.29, 1.82) is 0 Å². The van der Waals surface area contributed by atoms with Crippen LogP contribution in [0.3, 0.4) is 0 Å². The molecule has 0 aliphatic heterocycles. The quantitative estimate of drug-likeness (QED) is 0.507. The van der Waals surface area contributed by atoms with Crippen molar-refractivity contribution < 1.29 is 22.4 Å². The molecule has 0 aliphatic carbocycles. The highest BCUT2D eigenvalue weighted by molar-refractivity contribution is 6.05. The first-order chi connectivity index (χ1) is 9.79. The lowest BCUT2D eigenvalue weighted by Gasteiger charge is -2.09. The molecule has 0 fully saturated rings. The van der Waals surface area contributed by atoms with Crippen LogP contribution in [0, 0.1) is 30.2 Å². The lowest BCUT2D eigenvalue weighted by atomic mass is 10.1. The molecule has 0 aliphatic rings. The van der Waals surface area contributed by atoms with Gasteiger partial charge < -0.3 is 11.1 Å². The zero-order valence-corrected chi connectivity index (χ0v) is 10.8. The second-order valence-corrected chi connectivity index (χ2v) is 4.41. The molecule has 0 aromatic heterocycles. The van der Waals surface area contributed by atoms with Crippen molar-refractivity contribution in [2.45, 2.75) is 6.92 Å². The van der Waals surface area contributed by atoms with Gasteiger partial charge in [0.05, 0.1) is 5.56 Å². The molecule has 0 spiro atoms. The first kappa shape index (κ1) is 14.8. The van der Waals surface area contributed by atoms with Gasteiger partial charge in [-0.1, -0.05) is 0 Å². The van der Waals surface area contributed by atoms with E-state index in [9.17, 15) is 22.4 Å². The van der Waals surface area contributed by atoms with Crippen LogP contribution >= 0.6 is 0 Å². The molecule has 2 rings (SSSR count). The second-order valence-electron chi connectivity index (χ2n) is 4.41. The van der Waals surface area contributed by atoms with E-state index in [1.165, 1.54) is 13.0 Å². The maximum absolute atomic E-state index is 13.8. The van der Waals surface area contributed by atoms with E-state index in [-0.39, 0.29) is 22.5 Å². The van der Waals surface area contributed by atoms with Crippen LogP contribution in [0.5, 0.6) is 0 Å². The normalized spacial score (nSPS) is 10.5. The van der Waals surface area contributed by atoms with E-state index in [4.69, 9.17) is 5.73 Å². The number of carbonyl (C=O) groups excluding carboxylic acids is 1. The summed E-state index contributed by atoms with van der Waals surface area (Å²) in [6.07, 6.45) is 0. The summed E-state index contributed by atoms with van der Waals surface area (Å²) in [6.45, 7) is 1.42. The van der Waals surface area contributed by atoms with Gasteiger partial charge in [-0.15, -0.1) is 0 Å². The zero-order chi connectivity index (χ0) is 15.7. The summed E-state index contributed by atoms with van der Waals surface area (Å²) >= 11 is 0. The maximum atomic E-state index is 13.8. The van der Waals surface area contributed by atoms with Crippen LogP contribution in [-0.2, 0) is 0 Å². The number of nitrogens with two attached hydrogens (primary N) is 1. The van der Waals surface area contributed by atoms with Crippen molar-refractivity contribution in [3.8, 4) is 0 Å².